The molecular formula is C8H5F4NO. The fourth-order valence-electron chi connectivity index (χ4n) is 0.868. The van der Waals surface area contributed by atoms with Gasteiger partial charge in [-0.3, -0.25) is 4.79 Å². The van der Waals surface area contributed by atoms with Crippen LogP contribution in [0.2, 0.25) is 0 Å². The quantitative estimate of drug-likeness (QED) is 0.435. The molecule has 0 heterocycles. The number of hydrogen-bond donors (Lipinski definition) is 1. The van der Waals surface area contributed by atoms with Gasteiger partial charge in [-0.05, 0) is 18.2 Å². The number of rotatable bonds is 1. The number of ketones is 1. The number of carbonyl (C=O) groups is 1. The van der Waals surface area contributed by atoms with E-state index >= 15 is 0 Å². The normalized spacial score (nSPS) is 11.4. The van der Waals surface area contributed by atoms with Gasteiger partial charge in [0.15, 0.2) is 0 Å². The third-order valence-electron chi connectivity index (χ3n) is 1.50. The van der Waals surface area contributed by atoms with Crippen molar-refractivity contribution in [2.75, 3.05) is 5.73 Å². The summed E-state index contributed by atoms with van der Waals surface area (Å²) in [4.78, 5) is 10.6. The molecule has 0 aliphatic carbocycles. The highest BCUT2D eigenvalue weighted by molar-refractivity contribution is 6.00. The van der Waals surface area contributed by atoms with Crippen molar-refractivity contribution in [1.29, 1.82) is 0 Å². The molecule has 0 fully saturated rings. The maximum Gasteiger partial charge on any atom is 0.454 e. The number of hydrogen-bond acceptors (Lipinski definition) is 2. The molecule has 0 unspecified atom stereocenters. The summed E-state index contributed by atoms with van der Waals surface area (Å²) in [5.41, 5.74) is 4.04. The first kappa shape index (κ1) is 10.5. The summed E-state index contributed by atoms with van der Waals surface area (Å²) in [5, 5.41) is 0. The smallest absolute Gasteiger partial charge is 0.399 e. The van der Waals surface area contributed by atoms with E-state index in [0.29, 0.717) is 12.1 Å². The highest BCUT2D eigenvalue weighted by Crippen LogP contribution is 2.23. The molecule has 0 aromatic heterocycles. The van der Waals surface area contributed by atoms with Gasteiger partial charge < -0.3 is 5.73 Å². The van der Waals surface area contributed by atoms with Crippen molar-refractivity contribution in [3.05, 3.63) is 29.6 Å². The Morgan fingerprint density at radius 2 is 1.86 bits per heavy atom. The Labute approximate surface area is 76.3 Å². The number of nitrogens with two attached hydrogens (primary N) is 1. The summed E-state index contributed by atoms with van der Waals surface area (Å²) < 4.78 is 48.4. The molecule has 6 heteroatoms. The number of nitrogen functional groups attached to an aromatic ring is 1. The summed E-state index contributed by atoms with van der Waals surface area (Å²) in [7, 11) is 0. The average Bonchev–Trinajstić information content (AvgIpc) is 2.01. The monoisotopic (exact) mass is 207 g/mol. The van der Waals surface area contributed by atoms with Crippen molar-refractivity contribution < 1.29 is 22.4 Å². The molecule has 0 saturated heterocycles. The van der Waals surface area contributed by atoms with Gasteiger partial charge in [0, 0.05) is 5.69 Å². The van der Waals surface area contributed by atoms with Gasteiger partial charge >= 0.3 is 6.18 Å². The zero-order valence-electron chi connectivity index (χ0n) is 6.73. The lowest BCUT2D eigenvalue weighted by Gasteiger charge is -2.06. The minimum atomic E-state index is -5.07. The Kier molecular flexibility index (Phi) is 2.46. The van der Waals surface area contributed by atoms with E-state index in [0.717, 1.165) is 6.07 Å². The summed E-state index contributed by atoms with van der Waals surface area (Å²) in [6, 6.07) is 2.40. The molecule has 0 saturated carbocycles. The molecule has 0 amide bonds. The van der Waals surface area contributed by atoms with E-state index in [-0.39, 0.29) is 5.69 Å². The minimum Gasteiger partial charge on any atom is -0.399 e. The zero-order valence-corrected chi connectivity index (χ0v) is 6.73. The topological polar surface area (TPSA) is 43.1 Å². The summed E-state index contributed by atoms with van der Waals surface area (Å²) in [5.74, 6) is -3.48. The van der Waals surface area contributed by atoms with Crippen LogP contribution in [-0.4, -0.2) is 12.0 Å². The number of Topliss-reactive ketones (excluding diaryl/α,β-unsaturated/α-hetero) is 1. The van der Waals surface area contributed by atoms with Crippen molar-refractivity contribution in [2.24, 2.45) is 0 Å². The van der Waals surface area contributed by atoms with E-state index < -0.39 is 23.3 Å². The molecule has 0 aliphatic heterocycles. The van der Waals surface area contributed by atoms with Crippen LogP contribution in [0.4, 0.5) is 23.2 Å². The number of anilines is 1. The van der Waals surface area contributed by atoms with E-state index in [9.17, 15) is 22.4 Å². The van der Waals surface area contributed by atoms with Crippen LogP contribution < -0.4 is 5.73 Å². The van der Waals surface area contributed by atoms with Crippen LogP contribution in [0.25, 0.3) is 0 Å². The van der Waals surface area contributed by atoms with Crippen molar-refractivity contribution >= 4 is 11.5 Å². The van der Waals surface area contributed by atoms with Gasteiger partial charge in [-0.15, -0.1) is 0 Å². The Morgan fingerprint density at radius 3 is 2.29 bits per heavy atom. The van der Waals surface area contributed by atoms with E-state index in [1.807, 2.05) is 0 Å². The Morgan fingerprint density at radius 1 is 1.29 bits per heavy atom. The molecule has 2 N–H and O–H groups in total. The van der Waals surface area contributed by atoms with E-state index in [2.05, 4.69) is 0 Å². The van der Waals surface area contributed by atoms with Gasteiger partial charge in [-0.2, -0.15) is 13.2 Å². The fourth-order valence-corrected chi connectivity index (χ4v) is 0.868. The van der Waals surface area contributed by atoms with Crippen LogP contribution in [0, 0.1) is 5.82 Å². The Balaban J connectivity index is 3.15. The third-order valence-corrected chi connectivity index (χ3v) is 1.50. The minimum absolute atomic E-state index is 0.0405. The van der Waals surface area contributed by atoms with Crippen LogP contribution in [0.1, 0.15) is 10.4 Å². The second-order valence-electron chi connectivity index (χ2n) is 2.57. The molecule has 76 valence electrons. The molecule has 0 spiro atoms. The molecule has 0 radical (unpaired) electrons. The van der Waals surface area contributed by atoms with Gasteiger partial charge in [0.25, 0.3) is 5.78 Å². The van der Waals surface area contributed by atoms with Gasteiger partial charge in [-0.25, -0.2) is 4.39 Å². The predicted octanol–water partition coefficient (Wildman–Crippen LogP) is 2.15. The van der Waals surface area contributed by atoms with Crippen molar-refractivity contribution in [1.82, 2.24) is 0 Å². The van der Waals surface area contributed by atoms with Crippen LogP contribution in [-0.2, 0) is 0 Å². The highest BCUT2D eigenvalue weighted by atomic mass is 19.4. The van der Waals surface area contributed by atoms with Crippen molar-refractivity contribution in [3.63, 3.8) is 0 Å². The molecule has 0 aliphatic rings. The molecule has 0 atom stereocenters. The number of benzene rings is 1. The molecule has 2 nitrogen and oxygen atoms in total. The van der Waals surface area contributed by atoms with E-state index in [1.165, 1.54) is 0 Å². The van der Waals surface area contributed by atoms with Crippen LogP contribution in [0.3, 0.4) is 0 Å². The first-order valence-electron chi connectivity index (χ1n) is 3.49. The molecular weight excluding hydrogens is 202 g/mol. The van der Waals surface area contributed by atoms with Gasteiger partial charge in [-0.1, -0.05) is 0 Å². The first-order valence-corrected chi connectivity index (χ1v) is 3.49. The van der Waals surface area contributed by atoms with Gasteiger partial charge in [0.1, 0.15) is 5.82 Å². The van der Waals surface area contributed by atoms with Crippen LogP contribution in [0.5, 0.6) is 0 Å². The number of alkyl halides is 3. The highest BCUT2D eigenvalue weighted by Gasteiger charge is 2.40. The Hall–Kier alpha value is -1.59. The Bertz CT molecular complexity index is 372. The van der Waals surface area contributed by atoms with Crippen LogP contribution >= 0.6 is 0 Å². The molecule has 1 aromatic rings. The molecule has 1 rings (SSSR count). The molecule has 1 aromatic carbocycles. The lowest BCUT2D eigenvalue weighted by molar-refractivity contribution is -0.0887. The zero-order chi connectivity index (χ0) is 10.9. The second-order valence-corrected chi connectivity index (χ2v) is 2.57. The SMILES string of the molecule is Nc1ccc(C(=O)C(F)(F)F)c(F)c1. The summed E-state index contributed by atoms with van der Waals surface area (Å²) in [6.07, 6.45) is -5.07. The van der Waals surface area contributed by atoms with Crippen LogP contribution in [0.15, 0.2) is 18.2 Å². The maximum absolute atomic E-state index is 12.8. The average molecular weight is 207 g/mol. The molecule has 14 heavy (non-hydrogen) atoms. The third kappa shape index (κ3) is 2.01. The largest absolute Gasteiger partial charge is 0.454 e. The van der Waals surface area contributed by atoms with Gasteiger partial charge in [0.2, 0.25) is 0 Å². The number of carbonyl (C=O) groups excluding carboxylic acids is 1. The predicted molar refractivity (Wildman–Crippen MR) is 41.2 cm³/mol. The summed E-state index contributed by atoms with van der Waals surface area (Å²) in [6.45, 7) is 0. The lowest BCUT2D eigenvalue weighted by Crippen LogP contribution is -2.23. The van der Waals surface area contributed by atoms with E-state index in [1.54, 1.807) is 0 Å². The first-order chi connectivity index (χ1) is 6.32. The maximum atomic E-state index is 12.8. The fraction of sp³-hybridized carbons (Fsp3) is 0.125. The second kappa shape index (κ2) is 3.28. The van der Waals surface area contributed by atoms with Crippen molar-refractivity contribution in [2.45, 2.75) is 6.18 Å². The number of halogens is 4. The lowest BCUT2D eigenvalue weighted by atomic mass is 10.1. The van der Waals surface area contributed by atoms with Crippen molar-refractivity contribution in [3.8, 4) is 0 Å². The molecule has 0 bridgehead atoms. The standard InChI is InChI=1S/C8H5F4NO/c9-6-3-4(13)1-2-5(6)7(14)8(10,11)12/h1-3H,13H2. The van der Waals surface area contributed by atoms with Gasteiger partial charge in [0.05, 0.1) is 5.56 Å². The summed E-state index contributed by atoms with van der Waals surface area (Å²) >= 11 is 0. The van der Waals surface area contributed by atoms with E-state index in [4.69, 9.17) is 5.73 Å².